The van der Waals surface area contributed by atoms with Gasteiger partial charge in [-0.1, -0.05) is 11.6 Å². The number of aromatic nitrogens is 2. The molecule has 1 aromatic carbocycles. The normalized spacial score (nSPS) is 10.2. The molecule has 0 saturated heterocycles. The van der Waals surface area contributed by atoms with Crippen molar-refractivity contribution in [3.63, 3.8) is 0 Å². The highest BCUT2D eigenvalue weighted by Gasteiger charge is 2.22. The van der Waals surface area contributed by atoms with Crippen molar-refractivity contribution >= 4 is 17.4 Å². The van der Waals surface area contributed by atoms with E-state index in [1.54, 1.807) is 31.3 Å². The van der Waals surface area contributed by atoms with Crippen molar-refractivity contribution in [2.24, 2.45) is 7.05 Å². The Bertz CT molecular complexity index is 550. The van der Waals surface area contributed by atoms with E-state index in [4.69, 9.17) is 16.3 Å². The third-order valence-electron chi connectivity index (χ3n) is 2.07. The number of nitro groups is 1. The Labute approximate surface area is 102 Å². The second kappa shape index (κ2) is 4.42. The largest absolute Gasteiger partial charge is 0.434 e. The van der Waals surface area contributed by atoms with E-state index in [1.807, 2.05) is 0 Å². The van der Waals surface area contributed by atoms with E-state index in [0.717, 1.165) is 0 Å². The van der Waals surface area contributed by atoms with Crippen LogP contribution in [0.5, 0.6) is 11.6 Å². The molecule has 0 bridgehead atoms. The molecule has 88 valence electrons. The lowest BCUT2D eigenvalue weighted by molar-refractivity contribution is -0.390. The summed E-state index contributed by atoms with van der Waals surface area (Å²) in [5.74, 6) is 0.223. The molecule has 0 unspecified atom stereocenters. The minimum atomic E-state index is -0.592. The van der Waals surface area contributed by atoms with Crippen LogP contribution in [0.4, 0.5) is 5.82 Å². The van der Waals surface area contributed by atoms with Crippen LogP contribution >= 0.6 is 11.6 Å². The van der Waals surface area contributed by atoms with Crippen LogP contribution in [0.15, 0.2) is 30.6 Å². The van der Waals surface area contributed by atoms with Gasteiger partial charge in [-0.3, -0.25) is 4.57 Å². The number of halogens is 1. The number of hydrogen-bond acceptors (Lipinski definition) is 4. The maximum atomic E-state index is 10.7. The van der Waals surface area contributed by atoms with Crippen molar-refractivity contribution in [1.29, 1.82) is 0 Å². The quantitative estimate of drug-likeness (QED) is 0.623. The van der Waals surface area contributed by atoms with E-state index in [-0.39, 0.29) is 11.7 Å². The molecule has 17 heavy (non-hydrogen) atoms. The number of nitrogens with zero attached hydrogens (tertiary/aromatic N) is 3. The van der Waals surface area contributed by atoms with Gasteiger partial charge in [0.15, 0.2) is 0 Å². The summed E-state index contributed by atoms with van der Waals surface area (Å²) in [5, 5.41) is 11.3. The maximum absolute atomic E-state index is 10.7. The van der Waals surface area contributed by atoms with E-state index in [0.29, 0.717) is 10.8 Å². The minimum absolute atomic E-state index is 0.0809. The van der Waals surface area contributed by atoms with E-state index in [9.17, 15) is 10.1 Å². The summed E-state index contributed by atoms with van der Waals surface area (Å²) in [6, 6.07) is 6.52. The molecule has 1 aromatic heterocycles. The highest BCUT2D eigenvalue weighted by molar-refractivity contribution is 6.30. The van der Waals surface area contributed by atoms with Crippen LogP contribution in [0.25, 0.3) is 0 Å². The first-order valence-electron chi connectivity index (χ1n) is 4.67. The Kier molecular flexibility index (Phi) is 2.97. The zero-order valence-electron chi connectivity index (χ0n) is 8.83. The van der Waals surface area contributed by atoms with Crippen molar-refractivity contribution in [3.05, 3.63) is 45.7 Å². The van der Waals surface area contributed by atoms with Gasteiger partial charge in [0.05, 0.1) is 0 Å². The molecule has 1 heterocycles. The summed E-state index contributed by atoms with van der Waals surface area (Å²) < 4.78 is 6.83. The van der Waals surface area contributed by atoms with Crippen molar-refractivity contribution in [1.82, 2.24) is 9.55 Å². The number of hydrogen-bond donors (Lipinski definition) is 0. The summed E-state index contributed by atoms with van der Waals surface area (Å²) in [5.41, 5.74) is 0. The third-order valence-corrected chi connectivity index (χ3v) is 2.32. The van der Waals surface area contributed by atoms with Crippen LogP contribution < -0.4 is 4.74 Å². The Morgan fingerprint density at radius 2 is 2.06 bits per heavy atom. The van der Waals surface area contributed by atoms with Gasteiger partial charge in [-0.15, -0.1) is 0 Å². The lowest BCUT2D eigenvalue weighted by Crippen LogP contribution is -1.96. The van der Waals surface area contributed by atoms with E-state index in [1.165, 1.54) is 10.9 Å². The van der Waals surface area contributed by atoms with Gasteiger partial charge in [-0.2, -0.15) is 0 Å². The molecule has 0 aliphatic carbocycles. The van der Waals surface area contributed by atoms with E-state index in [2.05, 4.69) is 4.98 Å². The number of aryl methyl sites for hydroxylation is 1. The number of benzene rings is 1. The molecule has 0 amide bonds. The Balaban J connectivity index is 2.32. The average Bonchev–Trinajstić information content (AvgIpc) is 2.64. The minimum Gasteiger partial charge on any atom is -0.434 e. The average molecular weight is 254 g/mol. The molecule has 0 spiro atoms. The Morgan fingerprint density at radius 3 is 2.65 bits per heavy atom. The van der Waals surface area contributed by atoms with Crippen molar-refractivity contribution in [2.45, 2.75) is 0 Å². The van der Waals surface area contributed by atoms with E-state index >= 15 is 0 Å². The van der Waals surface area contributed by atoms with Gasteiger partial charge in [-0.25, -0.2) is 0 Å². The molecule has 0 aliphatic rings. The van der Waals surface area contributed by atoms with Crippen LogP contribution in [0.3, 0.4) is 0 Å². The fourth-order valence-electron chi connectivity index (χ4n) is 1.26. The van der Waals surface area contributed by atoms with Gasteiger partial charge >= 0.3 is 11.7 Å². The summed E-state index contributed by atoms with van der Waals surface area (Å²) >= 11 is 5.73. The van der Waals surface area contributed by atoms with E-state index < -0.39 is 4.92 Å². The zero-order chi connectivity index (χ0) is 12.4. The highest BCUT2D eigenvalue weighted by atomic mass is 35.5. The summed E-state index contributed by atoms with van der Waals surface area (Å²) in [6.07, 6.45) is 1.32. The van der Waals surface area contributed by atoms with Crippen LogP contribution in [-0.2, 0) is 7.05 Å². The third kappa shape index (κ3) is 2.36. The summed E-state index contributed by atoms with van der Waals surface area (Å²) in [4.78, 5) is 13.8. The molecular weight excluding hydrogens is 246 g/mol. The van der Waals surface area contributed by atoms with Gasteiger partial charge < -0.3 is 14.9 Å². The molecule has 6 nitrogen and oxygen atoms in total. The Morgan fingerprint density at radius 1 is 1.41 bits per heavy atom. The molecule has 0 aliphatic heterocycles. The van der Waals surface area contributed by atoms with Gasteiger partial charge in [0, 0.05) is 12.1 Å². The lowest BCUT2D eigenvalue weighted by Gasteiger charge is -2.04. The van der Waals surface area contributed by atoms with Crippen LogP contribution in [0.2, 0.25) is 5.02 Å². The molecular formula is C10H8ClN3O3. The van der Waals surface area contributed by atoms with Crippen LogP contribution in [0.1, 0.15) is 0 Å². The van der Waals surface area contributed by atoms with Crippen LogP contribution in [-0.4, -0.2) is 14.5 Å². The fraction of sp³-hybridized carbons (Fsp3) is 0.100. The molecule has 0 fully saturated rings. The van der Waals surface area contributed by atoms with Gasteiger partial charge in [-0.05, 0) is 34.2 Å². The lowest BCUT2D eigenvalue weighted by atomic mass is 10.3. The number of ether oxygens (including phenoxy) is 1. The van der Waals surface area contributed by atoms with Crippen molar-refractivity contribution in [2.75, 3.05) is 0 Å². The zero-order valence-corrected chi connectivity index (χ0v) is 9.59. The van der Waals surface area contributed by atoms with Gasteiger partial charge in [0.2, 0.25) is 6.33 Å². The molecule has 2 rings (SSSR count). The fourth-order valence-corrected chi connectivity index (χ4v) is 1.39. The molecule has 0 radical (unpaired) electrons. The van der Waals surface area contributed by atoms with Crippen molar-refractivity contribution < 1.29 is 9.66 Å². The molecule has 0 N–H and O–H groups in total. The highest BCUT2D eigenvalue weighted by Crippen LogP contribution is 2.29. The molecule has 0 saturated carbocycles. The topological polar surface area (TPSA) is 70.2 Å². The first-order valence-corrected chi connectivity index (χ1v) is 5.05. The second-order valence-corrected chi connectivity index (χ2v) is 3.73. The SMILES string of the molecule is Cn1cnc([N+](=O)[O-])c1Oc1ccc(Cl)cc1. The summed E-state index contributed by atoms with van der Waals surface area (Å²) in [6.45, 7) is 0. The number of rotatable bonds is 3. The molecule has 2 aromatic rings. The molecule has 0 atom stereocenters. The monoisotopic (exact) mass is 253 g/mol. The van der Waals surface area contributed by atoms with Crippen molar-refractivity contribution in [3.8, 4) is 11.6 Å². The smallest absolute Gasteiger partial charge is 0.427 e. The Hall–Kier alpha value is -2.08. The number of imidazole rings is 1. The van der Waals surface area contributed by atoms with Gasteiger partial charge in [0.1, 0.15) is 5.75 Å². The predicted molar refractivity (Wildman–Crippen MR) is 61.4 cm³/mol. The first-order chi connectivity index (χ1) is 8.08. The first kappa shape index (κ1) is 11.4. The molecule has 7 heteroatoms. The second-order valence-electron chi connectivity index (χ2n) is 3.30. The summed E-state index contributed by atoms with van der Waals surface area (Å²) in [7, 11) is 1.62. The van der Waals surface area contributed by atoms with Gasteiger partial charge in [0.25, 0.3) is 0 Å². The standard InChI is InChI=1S/C10H8ClN3O3/c1-13-6-12-9(14(15)16)10(13)17-8-4-2-7(11)3-5-8/h2-6H,1H3. The van der Waals surface area contributed by atoms with Crippen LogP contribution in [0, 0.1) is 10.1 Å². The predicted octanol–water partition coefficient (Wildman–Crippen LogP) is 2.77. The maximum Gasteiger partial charge on any atom is 0.427 e.